The van der Waals surface area contributed by atoms with Gasteiger partial charge in [0.1, 0.15) is 54.9 Å². The Bertz CT molecular complexity index is 1560. The minimum absolute atomic E-state index is 0.0131. The molecule has 3 aliphatic heterocycles. The van der Waals surface area contributed by atoms with Crippen LogP contribution >= 0.6 is 0 Å². The van der Waals surface area contributed by atoms with Gasteiger partial charge in [0.15, 0.2) is 18.4 Å². The minimum Gasteiger partial charge on any atom is -0.458 e. The number of hydrogen-bond donors (Lipinski definition) is 8. The van der Waals surface area contributed by atoms with Gasteiger partial charge in [-0.1, -0.05) is 37.1 Å². The minimum atomic E-state index is -1.73. The van der Waals surface area contributed by atoms with Gasteiger partial charge < -0.3 is 64.5 Å². The van der Waals surface area contributed by atoms with Crippen LogP contribution in [0.4, 0.5) is 0 Å². The third-order valence-corrected chi connectivity index (χ3v) is 14.8. The molecular weight excluding hydrogens is 720 g/mol. The average Bonchev–Trinajstić information content (AvgIpc) is 3.51. The fourth-order valence-electron chi connectivity index (χ4n) is 11.4. The maximum Gasteiger partial charge on any atom is 0.336 e. The van der Waals surface area contributed by atoms with E-state index in [1.165, 1.54) is 0 Å². The molecule has 0 radical (unpaired) electrons. The Hall–Kier alpha value is -2.12. The Morgan fingerprint density at radius 2 is 1.51 bits per heavy atom. The van der Waals surface area contributed by atoms with E-state index in [4.69, 9.17) is 23.7 Å². The normalized spacial score (nSPS) is 49.1. The van der Waals surface area contributed by atoms with Gasteiger partial charge in [0, 0.05) is 6.42 Å². The Balaban J connectivity index is 0.977. The molecule has 15 heteroatoms. The lowest BCUT2D eigenvalue weighted by Crippen LogP contribution is -2.61. The van der Waals surface area contributed by atoms with Crippen molar-refractivity contribution in [2.75, 3.05) is 19.8 Å². The van der Waals surface area contributed by atoms with E-state index >= 15 is 0 Å². The van der Waals surface area contributed by atoms with E-state index in [1.807, 2.05) is 19.1 Å². The summed E-state index contributed by atoms with van der Waals surface area (Å²) in [4.78, 5) is 26.9. The second-order valence-corrected chi connectivity index (χ2v) is 17.5. The van der Waals surface area contributed by atoms with E-state index < -0.39 is 98.2 Å². The molecule has 0 aromatic rings. The van der Waals surface area contributed by atoms with E-state index in [-0.39, 0.29) is 53.0 Å². The number of carbonyl (C=O) groups is 2. The van der Waals surface area contributed by atoms with Crippen molar-refractivity contribution in [2.24, 2.45) is 40.4 Å². The van der Waals surface area contributed by atoms with E-state index in [0.29, 0.717) is 12.8 Å². The lowest BCUT2D eigenvalue weighted by atomic mass is 9.46. The largest absolute Gasteiger partial charge is 0.458 e. The second-order valence-electron chi connectivity index (χ2n) is 17.5. The average molecular weight is 779 g/mol. The maximum atomic E-state index is 13.5. The van der Waals surface area contributed by atoms with Crippen molar-refractivity contribution in [3.63, 3.8) is 0 Å². The Morgan fingerprint density at radius 1 is 0.855 bits per heavy atom. The number of hydrogen-bond acceptors (Lipinski definition) is 15. The Labute approximate surface area is 320 Å². The van der Waals surface area contributed by atoms with Crippen molar-refractivity contribution in [1.82, 2.24) is 0 Å². The van der Waals surface area contributed by atoms with Gasteiger partial charge in [-0.25, -0.2) is 4.79 Å². The molecule has 0 aromatic heterocycles. The zero-order chi connectivity index (χ0) is 39.7. The number of allylic oxidation sites excluding steroid dienone is 3. The van der Waals surface area contributed by atoms with Crippen molar-refractivity contribution in [3.8, 4) is 0 Å². The smallest absolute Gasteiger partial charge is 0.336 e. The van der Waals surface area contributed by atoms with E-state index in [1.54, 1.807) is 6.08 Å². The van der Waals surface area contributed by atoms with Crippen LogP contribution in [0.25, 0.3) is 0 Å². The molecule has 0 aromatic carbocycles. The highest BCUT2D eigenvalue weighted by Gasteiger charge is 2.63. The van der Waals surface area contributed by atoms with Crippen LogP contribution in [0.5, 0.6) is 0 Å². The lowest BCUT2D eigenvalue weighted by molar-refractivity contribution is -0.330. The number of cyclic esters (lactones) is 1. The molecule has 15 nitrogen and oxygen atoms in total. The molecule has 2 saturated carbocycles. The first-order valence-corrected chi connectivity index (χ1v) is 19.8. The Morgan fingerprint density at radius 3 is 2.18 bits per heavy atom. The van der Waals surface area contributed by atoms with E-state index in [0.717, 1.165) is 36.8 Å². The number of esters is 1. The number of fused-ring (bicyclic) bond motifs is 5. The fraction of sp³-hybridized carbons (Fsp3) is 0.800. The van der Waals surface area contributed by atoms with Crippen molar-refractivity contribution in [1.29, 1.82) is 0 Å². The van der Waals surface area contributed by atoms with Gasteiger partial charge >= 0.3 is 5.97 Å². The monoisotopic (exact) mass is 778 g/mol. The molecule has 0 amide bonds. The van der Waals surface area contributed by atoms with Crippen LogP contribution < -0.4 is 0 Å². The standard InChI is InChI=1S/C40H58O15/c1-17-12-25(18(2)21-8-9-22-29-23(10-11-39(21,22)3)40(4)19(13-24(29)42)6-5-7-28(40)43)53-36(50)20(17)15-51-37-35(49)33(47)31(45)27(55-37)16-52-38-34(48)32(46)30(44)26(14-41)54-38/h5,7,13,18,21-27,29-35,37-38,41-42,44-49H,6,8-12,14-16H2,1-4H3/t18-,21+,22-,23-,24+,25?,26+,27+,29-,30+,31+,32-,33-,34+,35+,37+,38+,39+,40-/m0/s1. The molecule has 1 unspecified atom stereocenters. The Kier molecular flexibility index (Phi) is 11.6. The quantitative estimate of drug-likeness (QED) is 0.112. The number of aliphatic hydroxyl groups is 8. The van der Waals surface area contributed by atoms with Crippen molar-refractivity contribution < 1.29 is 74.1 Å². The molecule has 7 rings (SSSR count). The van der Waals surface area contributed by atoms with Gasteiger partial charge in [0.25, 0.3) is 0 Å². The van der Waals surface area contributed by atoms with Crippen LogP contribution in [0.1, 0.15) is 66.2 Å². The van der Waals surface area contributed by atoms with Gasteiger partial charge in [-0.05, 0) is 87.0 Å². The topological polar surface area (TPSA) is 242 Å². The second kappa shape index (κ2) is 15.6. The molecule has 2 saturated heterocycles. The summed E-state index contributed by atoms with van der Waals surface area (Å²) >= 11 is 0. The highest BCUT2D eigenvalue weighted by molar-refractivity contribution is 5.98. The zero-order valence-corrected chi connectivity index (χ0v) is 31.8. The van der Waals surface area contributed by atoms with Crippen LogP contribution in [0.2, 0.25) is 0 Å². The third kappa shape index (κ3) is 6.89. The van der Waals surface area contributed by atoms with Gasteiger partial charge in [0.05, 0.1) is 36.9 Å². The summed E-state index contributed by atoms with van der Waals surface area (Å²) in [5.41, 5.74) is 1.35. The maximum absolute atomic E-state index is 13.5. The van der Waals surface area contributed by atoms with Crippen LogP contribution in [0.3, 0.4) is 0 Å². The molecule has 3 heterocycles. The predicted octanol–water partition coefficient (Wildman–Crippen LogP) is -0.210. The summed E-state index contributed by atoms with van der Waals surface area (Å²) in [6.07, 6.45) is -6.26. The first-order chi connectivity index (χ1) is 26.0. The van der Waals surface area contributed by atoms with Crippen molar-refractivity contribution in [3.05, 3.63) is 34.9 Å². The molecule has 55 heavy (non-hydrogen) atoms. The van der Waals surface area contributed by atoms with Crippen LogP contribution in [-0.2, 0) is 33.3 Å². The van der Waals surface area contributed by atoms with Crippen LogP contribution in [0.15, 0.2) is 34.9 Å². The van der Waals surface area contributed by atoms with Crippen LogP contribution in [0, 0.1) is 40.4 Å². The van der Waals surface area contributed by atoms with Crippen molar-refractivity contribution in [2.45, 2.75) is 140 Å². The molecular formula is C40H58O15. The first kappa shape index (κ1) is 41.1. The highest BCUT2D eigenvalue weighted by atomic mass is 16.7. The molecule has 4 aliphatic carbocycles. The van der Waals surface area contributed by atoms with Crippen LogP contribution in [-0.4, -0.2) is 146 Å². The summed E-state index contributed by atoms with van der Waals surface area (Å²) in [5, 5.41) is 83.2. The molecule has 308 valence electrons. The fourth-order valence-corrected chi connectivity index (χ4v) is 11.4. The molecule has 7 aliphatic rings. The molecule has 0 spiro atoms. The molecule has 8 N–H and O–H groups in total. The third-order valence-electron chi connectivity index (χ3n) is 14.8. The number of carbonyl (C=O) groups excluding carboxylic acids is 2. The van der Waals surface area contributed by atoms with Gasteiger partial charge in [0.2, 0.25) is 0 Å². The summed E-state index contributed by atoms with van der Waals surface area (Å²) in [6.45, 7) is 6.85. The molecule has 4 fully saturated rings. The zero-order valence-electron chi connectivity index (χ0n) is 31.8. The van der Waals surface area contributed by atoms with Crippen molar-refractivity contribution >= 4 is 11.8 Å². The first-order valence-electron chi connectivity index (χ1n) is 19.8. The summed E-state index contributed by atoms with van der Waals surface area (Å²) in [5.74, 6) is 0.102. The van der Waals surface area contributed by atoms with Gasteiger partial charge in [-0.3, -0.25) is 4.79 Å². The number of ether oxygens (including phenoxy) is 5. The van der Waals surface area contributed by atoms with E-state index in [2.05, 4.69) is 20.8 Å². The van der Waals surface area contributed by atoms with E-state index in [9.17, 15) is 50.4 Å². The number of rotatable bonds is 9. The van der Waals surface area contributed by atoms with Gasteiger partial charge in [-0.2, -0.15) is 0 Å². The molecule has 0 bridgehead atoms. The lowest BCUT2D eigenvalue weighted by Gasteiger charge is -2.58. The molecule has 19 atom stereocenters. The summed E-state index contributed by atoms with van der Waals surface area (Å²) in [7, 11) is 0. The SMILES string of the molecule is CC1=C(CO[C@@H]2O[C@H](CO[C@@H]3O[C@H](CO)[C@@H](O)[C@H](O)[C@H]3O)[C@@H](O)[C@H](O)[C@H]2O)C(=O)OC([C@@H](C)[C@H]2CC[C@H]3[C@@H]4[C@H](O)C=C5CC=CC(=O)[C@]5(C)[C@H]4CC[C@]23C)C1. The van der Waals surface area contributed by atoms with Gasteiger partial charge in [-0.15, -0.1) is 0 Å². The summed E-state index contributed by atoms with van der Waals surface area (Å²) < 4.78 is 28.4. The predicted molar refractivity (Wildman–Crippen MR) is 190 cm³/mol. The highest BCUT2D eigenvalue weighted by Crippen LogP contribution is 2.66. The summed E-state index contributed by atoms with van der Waals surface area (Å²) in [6, 6.07) is 0. The number of aliphatic hydroxyl groups excluding tert-OH is 8. The number of ketones is 1.